The number of rotatable bonds is 37. The van der Waals surface area contributed by atoms with Crippen LogP contribution in [0.15, 0.2) is 60.8 Å². The van der Waals surface area contributed by atoms with Gasteiger partial charge in [-0.15, -0.1) is 0 Å². The van der Waals surface area contributed by atoms with E-state index in [2.05, 4.69) is 81.5 Å². The van der Waals surface area contributed by atoms with Crippen LogP contribution in [0.5, 0.6) is 0 Å². The molecule has 6 nitrogen and oxygen atoms in total. The van der Waals surface area contributed by atoms with Crippen molar-refractivity contribution in [1.29, 1.82) is 0 Å². The summed E-state index contributed by atoms with van der Waals surface area (Å²) in [4.78, 5) is 37.5. The minimum atomic E-state index is -0.789. The van der Waals surface area contributed by atoms with Crippen LogP contribution >= 0.6 is 0 Å². The summed E-state index contributed by atoms with van der Waals surface area (Å²) < 4.78 is 16.6. The van der Waals surface area contributed by atoms with Crippen molar-refractivity contribution >= 4 is 17.9 Å². The number of allylic oxidation sites excluding steroid dienone is 10. The topological polar surface area (TPSA) is 78.9 Å². The summed E-state index contributed by atoms with van der Waals surface area (Å²) in [6.45, 7) is 6.37. The molecule has 0 aliphatic rings. The number of carbonyl (C=O) groups is 3. The highest BCUT2D eigenvalue weighted by atomic mass is 16.6. The Morgan fingerprint density at radius 3 is 1.31 bits per heavy atom. The maximum Gasteiger partial charge on any atom is 0.306 e. The molecular formula is C46H78O6. The van der Waals surface area contributed by atoms with E-state index in [4.69, 9.17) is 14.2 Å². The molecule has 0 spiro atoms. The summed E-state index contributed by atoms with van der Waals surface area (Å²) in [7, 11) is 0. The van der Waals surface area contributed by atoms with Crippen molar-refractivity contribution in [3.05, 3.63) is 60.8 Å². The van der Waals surface area contributed by atoms with Gasteiger partial charge in [-0.05, 0) is 77.0 Å². The molecule has 1 unspecified atom stereocenters. The Hall–Kier alpha value is -2.89. The zero-order valence-corrected chi connectivity index (χ0v) is 33.8. The first-order valence-electron chi connectivity index (χ1n) is 21.3. The molecule has 0 heterocycles. The lowest BCUT2D eigenvalue weighted by molar-refractivity contribution is -0.167. The Morgan fingerprint density at radius 2 is 0.788 bits per heavy atom. The molecule has 6 heteroatoms. The molecule has 0 radical (unpaired) electrons. The largest absolute Gasteiger partial charge is 0.462 e. The molecule has 0 aromatic carbocycles. The molecule has 0 saturated heterocycles. The van der Waals surface area contributed by atoms with Gasteiger partial charge < -0.3 is 14.2 Å². The number of unbranched alkanes of at least 4 members (excludes halogenated alkanes) is 16. The molecule has 0 aliphatic heterocycles. The first-order valence-corrected chi connectivity index (χ1v) is 21.3. The number of ether oxygens (including phenoxy) is 3. The van der Waals surface area contributed by atoms with Gasteiger partial charge in [0.25, 0.3) is 0 Å². The van der Waals surface area contributed by atoms with Crippen molar-refractivity contribution in [1.82, 2.24) is 0 Å². The quantitative estimate of drug-likeness (QED) is 0.0274. The predicted octanol–water partition coefficient (Wildman–Crippen LogP) is 13.4. The van der Waals surface area contributed by atoms with Crippen LogP contribution in [0.4, 0.5) is 0 Å². The lowest BCUT2D eigenvalue weighted by Gasteiger charge is -2.18. The predicted molar refractivity (Wildman–Crippen MR) is 219 cm³/mol. The molecule has 0 aliphatic carbocycles. The maximum atomic E-state index is 12.6. The van der Waals surface area contributed by atoms with E-state index in [9.17, 15) is 14.4 Å². The molecule has 0 saturated carbocycles. The third-order valence-electron chi connectivity index (χ3n) is 8.74. The van der Waals surface area contributed by atoms with Crippen molar-refractivity contribution in [2.75, 3.05) is 13.2 Å². The fourth-order valence-corrected chi connectivity index (χ4v) is 5.55. The van der Waals surface area contributed by atoms with Gasteiger partial charge in [0.1, 0.15) is 13.2 Å². The van der Waals surface area contributed by atoms with Gasteiger partial charge in [0, 0.05) is 19.3 Å². The van der Waals surface area contributed by atoms with Crippen LogP contribution in [0.2, 0.25) is 0 Å². The Morgan fingerprint density at radius 1 is 0.404 bits per heavy atom. The van der Waals surface area contributed by atoms with E-state index in [0.717, 1.165) is 103 Å². The lowest BCUT2D eigenvalue weighted by atomic mass is 10.1. The molecule has 0 fully saturated rings. The summed E-state index contributed by atoms with van der Waals surface area (Å²) in [5.74, 6) is -0.955. The molecular weight excluding hydrogens is 648 g/mol. The fraction of sp³-hybridized carbons (Fsp3) is 0.717. The molecule has 0 amide bonds. The summed E-state index contributed by atoms with van der Waals surface area (Å²) in [6.07, 6.45) is 47.8. The van der Waals surface area contributed by atoms with E-state index < -0.39 is 6.10 Å². The second-order valence-corrected chi connectivity index (χ2v) is 13.9. The molecule has 0 N–H and O–H groups in total. The van der Waals surface area contributed by atoms with Crippen LogP contribution in [0.3, 0.4) is 0 Å². The van der Waals surface area contributed by atoms with E-state index in [1.807, 2.05) is 0 Å². The standard InChI is InChI=1S/C46H78O6/c1-4-7-10-13-16-19-21-22-23-24-25-28-30-33-36-39-45(48)51-42-43(41-50-44(47)38-35-32-29-26-18-15-12-9-6-3)52-46(49)40-37-34-31-27-20-17-14-11-8-5-2/h7,10-11,14,16,19,22-23,25,28,43H,4-6,8-9,12-13,15,17-18,20-21,24,26-27,29-42H2,1-3H3/b10-7-,14-11-,19-16-,23-22-,28-25-. The van der Waals surface area contributed by atoms with Crippen molar-refractivity contribution in [2.24, 2.45) is 0 Å². The second-order valence-electron chi connectivity index (χ2n) is 13.9. The summed E-state index contributed by atoms with van der Waals surface area (Å²) in [6, 6.07) is 0. The van der Waals surface area contributed by atoms with Crippen molar-refractivity contribution in [3.63, 3.8) is 0 Å². The van der Waals surface area contributed by atoms with Crippen molar-refractivity contribution in [3.8, 4) is 0 Å². The highest BCUT2D eigenvalue weighted by Gasteiger charge is 2.19. The normalized spacial score (nSPS) is 12.6. The van der Waals surface area contributed by atoms with Gasteiger partial charge in [0.2, 0.25) is 0 Å². The summed E-state index contributed by atoms with van der Waals surface area (Å²) in [5.41, 5.74) is 0. The van der Waals surface area contributed by atoms with Gasteiger partial charge >= 0.3 is 17.9 Å². The van der Waals surface area contributed by atoms with E-state index in [1.165, 1.54) is 51.4 Å². The molecule has 0 aromatic rings. The van der Waals surface area contributed by atoms with Gasteiger partial charge in [-0.25, -0.2) is 0 Å². The molecule has 0 rings (SSSR count). The minimum Gasteiger partial charge on any atom is -0.462 e. The lowest BCUT2D eigenvalue weighted by Crippen LogP contribution is -2.30. The molecule has 0 aromatic heterocycles. The Kier molecular flexibility index (Phi) is 38.6. The van der Waals surface area contributed by atoms with Crippen molar-refractivity contribution in [2.45, 2.75) is 200 Å². The van der Waals surface area contributed by atoms with Crippen LogP contribution < -0.4 is 0 Å². The van der Waals surface area contributed by atoms with E-state index in [-0.39, 0.29) is 31.1 Å². The molecule has 1 atom stereocenters. The molecule has 0 bridgehead atoms. The maximum absolute atomic E-state index is 12.6. The third kappa shape index (κ3) is 38.3. The zero-order valence-electron chi connectivity index (χ0n) is 33.8. The van der Waals surface area contributed by atoms with E-state index >= 15 is 0 Å². The smallest absolute Gasteiger partial charge is 0.306 e. The summed E-state index contributed by atoms with van der Waals surface area (Å²) >= 11 is 0. The Labute approximate surface area is 320 Å². The van der Waals surface area contributed by atoms with Crippen molar-refractivity contribution < 1.29 is 28.6 Å². The highest BCUT2D eigenvalue weighted by Crippen LogP contribution is 2.13. The minimum absolute atomic E-state index is 0.0906. The average Bonchev–Trinajstić information content (AvgIpc) is 3.14. The van der Waals surface area contributed by atoms with Crippen LogP contribution in [0, 0.1) is 0 Å². The number of hydrogen-bond acceptors (Lipinski definition) is 6. The number of esters is 3. The van der Waals surface area contributed by atoms with Crippen LogP contribution in [-0.4, -0.2) is 37.2 Å². The Bertz CT molecular complexity index is 975. The number of carbonyl (C=O) groups excluding carboxylic acids is 3. The van der Waals surface area contributed by atoms with Gasteiger partial charge in [0.15, 0.2) is 6.10 Å². The average molecular weight is 727 g/mol. The van der Waals surface area contributed by atoms with Gasteiger partial charge in [0.05, 0.1) is 0 Å². The van der Waals surface area contributed by atoms with Gasteiger partial charge in [-0.3, -0.25) is 14.4 Å². The highest BCUT2D eigenvalue weighted by molar-refractivity contribution is 5.71. The first kappa shape index (κ1) is 49.1. The van der Waals surface area contributed by atoms with E-state index in [0.29, 0.717) is 19.3 Å². The molecule has 52 heavy (non-hydrogen) atoms. The zero-order chi connectivity index (χ0) is 38.0. The van der Waals surface area contributed by atoms with Crippen LogP contribution in [-0.2, 0) is 28.6 Å². The van der Waals surface area contributed by atoms with Crippen LogP contribution in [0.1, 0.15) is 194 Å². The van der Waals surface area contributed by atoms with Gasteiger partial charge in [-0.2, -0.15) is 0 Å². The number of hydrogen-bond donors (Lipinski definition) is 0. The first-order chi connectivity index (χ1) is 25.5. The fourth-order valence-electron chi connectivity index (χ4n) is 5.55. The monoisotopic (exact) mass is 727 g/mol. The SMILES string of the molecule is CC/C=C\C/C=C\C/C=C\C/C=C\CCCCC(=O)OCC(COC(=O)CCCCCCCCCCC)OC(=O)CCCCCCC/C=C\CCC. The molecule has 298 valence electrons. The third-order valence-corrected chi connectivity index (χ3v) is 8.74. The summed E-state index contributed by atoms with van der Waals surface area (Å²) in [5, 5.41) is 0. The second kappa shape index (κ2) is 40.9. The van der Waals surface area contributed by atoms with E-state index in [1.54, 1.807) is 0 Å². The Balaban J connectivity index is 4.44. The van der Waals surface area contributed by atoms with Crippen LogP contribution in [0.25, 0.3) is 0 Å². The van der Waals surface area contributed by atoms with Gasteiger partial charge in [-0.1, -0.05) is 159 Å².